The van der Waals surface area contributed by atoms with Crippen molar-refractivity contribution in [1.82, 2.24) is 15.1 Å². The molecule has 0 aromatic heterocycles. The molecular formula is C18H29N3O. The van der Waals surface area contributed by atoms with E-state index in [4.69, 9.17) is 0 Å². The molecule has 1 aliphatic heterocycles. The van der Waals surface area contributed by atoms with Crippen LogP contribution in [0.1, 0.15) is 19.4 Å². The van der Waals surface area contributed by atoms with Gasteiger partial charge in [0.2, 0.25) is 5.91 Å². The third kappa shape index (κ3) is 6.16. The highest BCUT2D eigenvalue weighted by molar-refractivity contribution is 5.78. The van der Waals surface area contributed by atoms with Crippen LogP contribution in [0.15, 0.2) is 30.3 Å². The zero-order valence-corrected chi connectivity index (χ0v) is 13.9. The molecule has 122 valence electrons. The fourth-order valence-corrected chi connectivity index (χ4v) is 2.68. The van der Waals surface area contributed by atoms with Gasteiger partial charge in [0.15, 0.2) is 0 Å². The molecule has 1 aromatic rings. The number of hydrogen-bond donors (Lipinski definition) is 1. The summed E-state index contributed by atoms with van der Waals surface area (Å²) in [4.78, 5) is 16.6. The Kier molecular flexibility index (Phi) is 6.87. The van der Waals surface area contributed by atoms with Gasteiger partial charge in [-0.2, -0.15) is 0 Å². The molecule has 22 heavy (non-hydrogen) atoms. The molecule has 0 unspecified atom stereocenters. The molecule has 1 amide bonds. The first-order valence-electron chi connectivity index (χ1n) is 8.39. The number of amides is 1. The Labute approximate surface area is 134 Å². The molecule has 1 aliphatic rings. The molecular weight excluding hydrogens is 274 g/mol. The van der Waals surface area contributed by atoms with E-state index in [2.05, 4.69) is 59.3 Å². The summed E-state index contributed by atoms with van der Waals surface area (Å²) in [5, 5.41) is 2.99. The van der Waals surface area contributed by atoms with E-state index in [1.54, 1.807) is 0 Å². The summed E-state index contributed by atoms with van der Waals surface area (Å²) in [5.41, 5.74) is 1.40. The Morgan fingerprint density at radius 2 is 1.73 bits per heavy atom. The fourth-order valence-electron chi connectivity index (χ4n) is 2.68. The van der Waals surface area contributed by atoms with Crippen molar-refractivity contribution in [2.24, 2.45) is 5.92 Å². The highest BCUT2D eigenvalue weighted by atomic mass is 16.2. The molecule has 1 aromatic carbocycles. The molecule has 0 bridgehead atoms. The minimum atomic E-state index is 0.159. The average Bonchev–Trinajstić information content (AvgIpc) is 2.53. The lowest BCUT2D eigenvalue weighted by Gasteiger charge is -2.34. The molecule has 4 heteroatoms. The Balaban J connectivity index is 1.62. The first-order chi connectivity index (χ1) is 10.6. The molecule has 0 aliphatic carbocycles. The summed E-state index contributed by atoms with van der Waals surface area (Å²) in [6, 6.07) is 10.6. The lowest BCUT2D eigenvalue weighted by molar-refractivity contribution is -0.122. The third-order valence-electron chi connectivity index (χ3n) is 4.10. The quantitative estimate of drug-likeness (QED) is 0.831. The number of rotatable bonds is 7. The molecule has 0 saturated carbocycles. The normalized spacial score (nSPS) is 16.9. The second-order valence-electron chi connectivity index (χ2n) is 6.55. The number of hydrogen-bond acceptors (Lipinski definition) is 3. The van der Waals surface area contributed by atoms with Crippen molar-refractivity contribution in [3.05, 3.63) is 35.9 Å². The van der Waals surface area contributed by atoms with Crippen LogP contribution in [-0.2, 0) is 11.2 Å². The van der Waals surface area contributed by atoms with Crippen molar-refractivity contribution in [3.8, 4) is 0 Å². The third-order valence-corrected chi connectivity index (χ3v) is 4.10. The lowest BCUT2D eigenvalue weighted by Crippen LogP contribution is -2.50. The number of piperazine rings is 1. The minimum Gasteiger partial charge on any atom is -0.355 e. The predicted octanol–water partition coefficient (Wildman–Crippen LogP) is 1.62. The summed E-state index contributed by atoms with van der Waals surface area (Å²) < 4.78 is 0. The number of nitrogens with zero attached hydrogens (tertiary/aromatic N) is 2. The van der Waals surface area contributed by atoms with Crippen molar-refractivity contribution >= 4 is 5.91 Å². The second-order valence-corrected chi connectivity index (χ2v) is 6.55. The van der Waals surface area contributed by atoms with E-state index in [1.807, 2.05) is 0 Å². The molecule has 1 N–H and O–H groups in total. The highest BCUT2D eigenvalue weighted by Gasteiger charge is 2.18. The second kappa shape index (κ2) is 8.91. The summed E-state index contributed by atoms with van der Waals surface area (Å²) in [5.74, 6) is 0.671. The highest BCUT2D eigenvalue weighted by Crippen LogP contribution is 2.05. The standard InChI is InChI=1S/C18H29N3O/c1-16(2)14-19-18(22)15-21-12-10-20(11-13-21)9-8-17-6-4-3-5-7-17/h3-7,16H,8-15H2,1-2H3,(H,19,22). The SMILES string of the molecule is CC(C)CNC(=O)CN1CCN(CCc2ccccc2)CC1. The number of carbonyl (C=O) groups is 1. The van der Waals surface area contributed by atoms with Gasteiger partial charge in [-0.15, -0.1) is 0 Å². The summed E-state index contributed by atoms with van der Waals surface area (Å²) in [6.45, 7) is 10.8. The zero-order valence-electron chi connectivity index (χ0n) is 13.9. The van der Waals surface area contributed by atoms with Crippen LogP contribution in [0.2, 0.25) is 0 Å². The Bertz CT molecular complexity index is 439. The molecule has 0 atom stereocenters. The Hall–Kier alpha value is -1.39. The van der Waals surface area contributed by atoms with E-state index < -0.39 is 0 Å². The number of carbonyl (C=O) groups excluding carboxylic acids is 1. The molecule has 2 rings (SSSR count). The van der Waals surface area contributed by atoms with E-state index in [9.17, 15) is 4.79 Å². The Morgan fingerprint density at radius 1 is 1.09 bits per heavy atom. The Morgan fingerprint density at radius 3 is 2.36 bits per heavy atom. The summed E-state index contributed by atoms with van der Waals surface area (Å²) in [7, 11) is 0. The van der Waals surface area contributed by atoms with E-state index in [-0.39, 0.29) is 5.91 Å². The first-order valence-corrected chi connectivity index (χ1v) is 8.39. The zero-order chi connectivity index (χ0) is 15.8. The van der Waals surface area contributed by atoms with E-state index >= 15 is 0 Å². The molecule has 0 radical (unpaired) electrons. The van der Waals surface area contributed by atoms with Crippen molar-refractivity contribution < 1.29 is 4.79 Å². The average molecular weight is 303 g/mol. The lowest BCUT2D eigenvalue weighted by atomic mass is 10.1. The van der Waals surface area contributed by atoms with Crippen LogP contribution in [-0.4, -0.2) is 61.5 Å². The van der Waals surface area contributed by atoms with Gasteiger partial charge in [0, 0.05) is 39.3 Å². The van der Waals surface area contributed by atoms with Crippen molar-refractivity contribution in [1.29, 1.82) is 0 Å². The van der Waals surface area contributed by atoms with Gasteiger partial charge in [-0.25, -0.2) is 0 Å². The van der Waals surface area contributed by atoms with Gasteiger partial charge >= 0.3 is 0 Å². The first kappa shape index (κ1) is 17.0. The smallest absolute Gasteiger partial charge is 0.234 e. The summed E-state index contributed by atoms with van der Waals surface area (Å²) in [6.07, 6.45) is 1.11. The van der Waals surface area contributed by atoms with E-state index in [1.165, 1.54) is 5.56 Å². The van der Waals surface area contributed by atoms with E-state index in [0.717, 1.165) is 45.7 Å². The van der Waals surface area contributed by atoms with Crippen molar-refractivity contribution in [3.63, 3.8) is 0 Å². The van der Waals surface area contributed by atoms with Crippen LogP contribution in [0, 0.1) is 5.92 Å². The molecule has 0 spiro atoms. The molecule has 1 heterocycles. The monoisotopic (exact) mass is 303 g/mol. The van der Waals surface area contributed by atoms with Crippen LogP contribution in [0.5, 0.6) is 0 Å². The van der Waals surface area contributed by atoms with Crippen LogP contribution >= 0.6 is 0 Å². The van der Waals surface area contributed by atoms with E-state index in [0.29, 0.717) is 12.5 Å². The van der Waals surface area contributed by atoms with Crippen molar-refractivity contribution in [2.45, 2.75) is 20.3 Å². The maximum absolute atomic E-state index is 11.8. The predicted molar refractivity (Wildman–Crippen MR) is 90.9 cm³/mol. The molecule has 1 fully saturated rings. The number of nitrogens with one attached hydrogen (secondary N) is 1. The van der Waals surface area contributed by atoms with Gasteiger partial charge in [0.1, 0.15) is 0 Å². The van der Waals surface area contributed by atoms with Crippen molar-refractivity contribution in [2.75, 3.05) is 45.8 Å². The maximum Gasteiger partial charge on any atom is 0.234 e. The van der Waals surface area contributed by atoms with Crippen LogP contribution < -0.4 is 5.32 Å². The summed E-state index contributed by atoms with van der Waals surface area (Å²) >= 11 is 0. The number of benzene rings is 1. The van der Waals surface area contributed by atoms with Gasteiger partial charge in [-0.05, 0) is 17.9 Å². The fraction of sp³-hybridized carbons (Fsp3) is 0.611. The van der Waals surface area contributed by atoms with Gasteiger partial charge in [0.25, 0.3) is 0 Å². The van der Waals surface area contributed by atoms with Gasteiger partial charge in [-0.1, -0.05) is 44.2 Å². The van der Waals surface area contributed by atoms with Crippen LogP contribution in [0.25, 0.3) is 0 Å². The maximum atomic E-state index is 11.8. The van der Waals surface area contributed by atoms with Gasteiger partial charge in [-0.3, -0.25) is 9.69 Å². The molecule has 1 saturated heterocycles. The van der Waals surface area contributed by atoms with Gasteiger partial charge in [0.05, 0.1) is 6.54 Å². The largest absolute Gasteiger partial charge is 0.355 e. The molecule has 4 nitrogen and oxygen atoms in total. The topological polar surface area (TPSA) is 35.6 Å². The minimum absolute atomic E-state index is 0.159. The van der Waals surface area contributed by atoms with Gasteiger partial charge < -0.3 is 10.2 Å². The van der Waals surface area contributed by atoms with Crippen LogP contribution in [0.4, 0.5) is 0 Å². The van der Waals surface area contributed by atoms with Crippen LogP contribution in [0.3, 0.4) is 0 Å².